The van der Waals surface area contributed by atoms with E-state index in [0.717, 1.165) is 5.56 Å². The van der Waals surface area contributed by atoms with E-state index in [1.54, 1.807) is 19.1 Å². The van der Waals surface area contributed by atoms with Gasteiger partial charge in [0.15, 0.2) is 23.4 Å². The van der Waals surface area contributed by atoms with Gasteiger partial charge in [-0.05, 0) is 12.0 Å². The number of hydrogen-bond acceptors (Lipinski definition) is 5. The summed E-state index contributed by atoms with van der Waals surface area (Å²) in [5.74, 6) is -0.820. The highest BCUT2D eigenvalue weighted by molar-refractivity contribution is 5.98. The zero-order valence-corrected chi connectivity index (χ0v) is 15.3. The SMILES string of the molecule is Cc1nc(C(=O)NC(Cc2ccccc2)C(O)C(N)=O)c(-c2ccccc2)o1. The Labute approximate surface area is 162 Å². The number of amides is 2. The lowest BCUT2D eigenvalue weighted by molar-refractivity contribution is -0.127. The number of aryl methyl sites for hydroxylation is 1. The van der Waals surface area contributed by atoms with Crippen LogP contribution in [-0.4, -0.2) is 34.1 Å². The third kappa shape index (κ3) is 4.44. The molecule has 3 rings (SSSR count). The van der Waals surface area contributed by atoms with Crippen molar-refractivity contribution in [2.45, 2.75) is 25.5 Å². The lowest BCUT2D eigenvalue weighted by Gasteiger charge is -2.22. The smallest absolute Gasteiger partial charge is 0.274 e. The first-order valence-corrected chi connectivity index (χ1v) is 8.80. The van der Waals surface area contributed by atoms with Gasteiger partial charge in [-0.15, -0.1) is 0 Å². The molecule has 2 amide bonds. The van der Waals surface area contributed by atoms with Gasteiger partial charge in [0.1, 0.15) is 0 Å². The summed E-state index contributed by atoms with van der Waals surface area (Å²) < 4.78 is 5.60. The fraction of sp³-hybridized carbons (Fsp3) is 0.190. The number of hydrogen-bond donors (Lipinski definition) is 3. The van der Waals surface area contributed by atoms with Crippen LogP contribution >= 0.6 is 0 Å². The molecule has 0 radical (unpaired) electrons. The van der Waals surface area contributed by atoms with Crippen LogP contribution in [-0.2, 0) is 11.2 Å². The van der Waals surface area contributed by atoms with E-state index >= 15 is 0 Å². The third-order valence-electron chi connectivity index (χ3n) is 4.27. The van der Waals surface area contributed by atoms with Gasteiger partial charge in [0.05, 0.1) is 6.04 Å². The van der Waals surface area contributed by atoms with E-state index in [4.69, 9.17) is 10.2 Å². The van der Waals surface area contributed by atoms with Crippen molar-refractivity contribution in [3.8, 4) is 11.3 Å². The Morgan fingerprint density at radius 2 is 1.71 bits per heavy atom. The molecule has 2 atom stereocenters. The van der Waals surface area contributed by atoms with Crippen LogP contribution in [0.1, 0.15) is 21.9 Å². The molecule has 0 aliphatic heterocycles. The summed E-state index contributed by atoms with van der Waals surface area (Å²) in [6, 6.07) is 17.4. The number of aliphatic hydroxyl groups excluding tert-OH is 1. The molecule has 7 heteroatoms. The highest BCUT2D eigenvalue weighted by Crippen LogP contribution is 2.24. The number of aromatic nitrogens is 1. The number of oxazole rings is 1. The van der Waals surface area contributed by atoms with Gasteiger partial charge in [0.25, 0.3) is 5.91 Å². The number of nitrogens with one attached hydrogen (secondary N) is 1. The Kier molecular flexibility index (Phi) is 5.86. The molecule has 0 aliphatic rings. The summed E-state index contributed by atoms with van der Waals surface area (Å²) in [6.45, 7) is 1.64. The zero-order chi connectivity index (χ0) is 20.1. The fourth-order valence-electron chi connectivity index (χ4n) is 2.91. The maximum atomic E-state index is 12.9. The van der Waals surface area contributed by atoms with Crippen LogP contribution in [0, 0.1) is 6.92 Å². The van der Waals surface area contributed by atoms with Crippen molar-refractivity contribution < 1.29 is 19.1 Å². The van der Waals surface area contributed by atoms with Crippen molar-refractivity contribution in [2.75, 3.05) is 0 Å². The predicted molar refractivity (Wildman–Crippen MR) is 103 cm³/mol. The van der Waals surface area contributed by atoms with Gasteiger partial charge in [-0.25, -0.2) is 4.98 Å². The van der Waals surface area contributed by atoms with Crippen LogP contribution < -0.4 is 11.1 Å². The van der Waals surface area contributed by atoms with Crippen LogP contribution in [0.4, 0.5) is 0 Å². The molecule has 7 nitrogen and oxygen atoms in total. The lowest BCUT2D eigenvalue weighted by Crippen LogP contribution is -2.50. The van der Waals surface area contributed by atoms with Gasteiger partial charge < -0.3 is 20.6 Å². The monoisotopic (exact) mass is 379 g/mol. The number of rotatable bonds is 7. The van der Waals surface area contributed by atoms with Gasteiger partial charge in [0, 0.05) is 12.5 Å². The van der Waals surface area contributed by atoms with E-state index in [9.17, 15) is 14.7 Å². The molecule has 1 aromatic heterocycles. The molecule has 0 fully saturated rings. The maximum Gasteiger partial charge on any atom is 0.274 e. The number of carbonyl (C=O) groups excluding carboxylic acids is 2. The number of benzene rings is 2. The average molecular weight is 379 g/mol. The van der Waals surface area contributed by atoms with E-state index in [0.29, 0.717) is 17.2 Å². The first-order chi connectivity index (χ1) is 13.5. The van der Waals surface area contributed by atoms with Crippen molar-refractivity contribution in [1.82, 2.24) is 10.3 Å². The number of nitrogens with two attached hydrogens (primary N) is 1. The van der Waals surface area contributed by atoms with Crippen LogP contribution in [0.25, 0.3) is 11.3 Å². The van der Waals surface area contributed by atoms with E-state index in [1.807, 2.05) is 48.5 Å². The van der Waals surface area contributed by atoms with Gasteiger partial charge in [-0.2, -0.15) is 0 Å². The molecule has 0 saturated heterocycles. The third-order valence-corrected chi connectivity index (χ3v) is 4.27. The number of carbonyl (C=O) groups is 2. The normalized spacial score (nSPS) is 12.9. The molecule has 0 saturated carbocycles. The Balaban J connectivity index is 1.87. The van der Waals surface area contributed by atoms with E-state index < -0.39 is 24.0 Å². The molecular weight excluding hydrogens is 358 g/mol. The molecule has 3 aromatic rings. The number of nitrogens with zero attached hydrogens (tertiary/aromatic N) is 1. The van der Waals surface area contributed by atoms with E-state index in [-0.39, 0.29) is 12.1 Å². The minimum Gasteiger partial charge on any atom is -0.440 e. The number of primary amides is 1. The number of aliphatic hydroxyl groups is 1. The molecule has 0 aliphatic carbocycles. The van der Waals surface area contributed by atoms with Crippen LogP contribution in [0.5, 0.6) is 0 Å². The molecule has 4 N–H and O–H groups in total. The average Bonchev–Trinajstić information content (AvgIpc) is 3.10. The molecule has 2 aromatic carbocycles. The van der Waals surface area contributed by atoms with Crippen LogP contribution in [0.3, 0.4) is 0 Å². The van der Waals surface area contributed by atoms with Crippen molar-refractivity contribution in [1.29, 1.82) is 0 Å². The van der Waals surface area contributed by atoms with Gasteiger partial charge in [-0.1, -0.05) is 60.7 Å². The summed E-state index contributed by atoms with van der Waals surface area (Å²) in [5.41, 5.74) is 6.88. The second kappa shape index (κ2) is 8.49. The highest BCUT2D eigenvalue weighted by Gasteiger charge is 2.29. The Morgan fingerprint density at radius 1 is 1.11 bits per heavy atom. The molecule has 28 heavy (non-hydrogen) atoms. The summed E-state index contributed by atoms with van der Waals surface area (Å²) in [6.07, 6.45) is -1.31. The molecule has 0 spiro atoms. The van der Waals surface area contributed by atoms with Crippen LogP contribution in [0.2, 0.25) is 0 Å². The second-order valence-corrected chi connectivity index (χ2v) is 6.39. The molecule has 1 heterocycles. The highest BCUT2D eigenvalue weighted by atomic mass is 16.4. The lowest BCUT2D eigenvalue weighted by atomic mass is 10.0. The minimum absolute atomic E-state index is 0.0819. The quantitative estimate of drug-likeness (QED) is 0.579. The molecule has 0 bridgehead atoms. The summed E-state index contributed by atoms with van der Waals surface area (Å²) in [5, 5.41) is 12.9. The maximum absolute atomic E-state index is 12.9. The second-order valence-electron chi connectivity index (χ2n) is 6.39. The summed E-state index contributed by atoms with van der Waals surface area (Å²) >= 11 is 0. The van der Waals surface area contributed by atoms with Crippen molar-refractivity contribution in [2.24, 2.45) is 5.73 Å². The Bertz CT molecular complexity index is 954. The van der Waals surface area contributed by atoms with Gasteiger partial charge in [-0.3, -0.25) is 9.59 Å². The van der Waals surface area contributed by atoms with Gasteiger partial charge >= 0.3 is 0 Å². The topological polar surface area (TPSA) is 118 Å². The fourth-order valence-corrected chi connectivity index (χ4v) is 2.91. The van der Waals surface area contributed by atoms with E-state index in [1.165, 1.54) is 0 Å². The van der Waals surface area contributed by atoms with Crippen LogP contribution in [0.15, 0.2) is 65.1 Å². The first kappa shape index (κ1) is 19.3. The standard InChI is InChI=1S/C21H21N3O4/c1-13-23-17(19(28-13)15-10-6-3-7-11-15)21(27)24-16(18(25)20(22)26)12-14-8-4-2-5-9-14/h2-11,16,18,25H,12H2,1H3,(H2,22,26)(H,24,27). The van der Waals surface area contributed by atoms with Gasteiger partial charge in [0.2, 0.25) is 5.91 Å². The molecule has 144 valence electrons. The Hall–Kier alpha value is -3.45. The van der Waals surface area contributed by atoms with E-state index in [2.05, 4.69) is 10.3 Å². The molecule has 2 unspecified atom stereocenters. The largest absolute Gasteiger partial charge is 0.440 e. The molecular formula is C21H21N3O4. The van der Waals surface area contributed by atoms with Crippen molar-refractivity contribution in [3.05, 3.63) is 77.8 Å². The van der Waals surface area contributed by atoms with Crippen molar-refractivity contribution in [3.63, 3.8) is 0 Å². The zero-order valence-electron chi connectivity index (χ0n) is 15.3. The summed E-state index contributed by atoms with van der Waals surface area (Å²) in [7, 11) is 0. The predicted octanol–water partition coefficient (Wildman–Crippen LogP) is 1.84. The summed E-state index contributed by atoms with van der Waals surface area (Å²) in [4.78, 5) is 28.6. The Morgan fingerprint density at radius 3 is 2.32 bits per heavy atom. The minimum atomic E-state index is -1.54. The van der Waals surface area contributed by atoms with Crippen molar-refractivity contribution >= 4 is 11.8 Å². The first-order valence-electron chi connectivity index (χ1n) is 8.80.